The van der Waals surface area contributed by atoms with Crippen LogP contribution in [0, 0.1) is 0 Å². The van der Waals surface area contributed by atoms with Gasteiger partial charge in [0.2, 0.25) is 5.95 Å². The van der Waals surface area contributed by atoms with Gasteiger partial charge >= 0.3 is 0 Å². The third kappa shape index (κ3) is 5.68. The highest BCUT2D eigenvalue weighted by Gasteiger charge is 2.15. The molecule has 6 nitrogen and oxygen atoms in total. The highest BCUT2D eigenvalue weighted by atomic mass is 16.5. The van der Waals surface area contributed by atoms with Crippen molar-refractivity contribution in [3.05, 3.63) is 36.4 Å². The Morgan fingerprint density at radius 1 is 1.15 bits per heavy atom. The first-order chi connectivity index (χ1) is 12.7. The van der Waals surface area contributed by atoms with E-state index >= 15 is 0 Å². The van der Waals surface area contributed by atoms with Gasteiger partial charge in [0.15, 0.2) is 0 Å². The Morgan fingerprint density at radius 2 is 2.00 bits per heavy atom. The Labute approximate surface area is 156 Å². The predicted molar refractivity (Wildman–Crippen MR) is 107 cm³/mol. The molecule has 6 heteroatoms. The Balaban J connectivity index is 1.70. The molecule has 0 spiro atoms. The summed E-state index contributed by atoms with van der Waals surface area (Å²) in [5.41, 5.74) is 2.01. The Bertz CT molecular complexity index is 671. The third-order valence-electron chi connectivity index (χ3n) is 4.40. The molecule has 1 aromatic carbocycles. The van der Waals surface area contributed by atoms with Crippen molar-refractivity contribution in [2.75, 3.05) is 51.0 Å². The molecule has 3 rings (SSSR count). The number of benzene rings is 1. The number of hydrogen-bond acceptors (Lipinski definition) is 6. The lowest BCUT2D eigenvalue weighted by Crippen LogP contribution is -2.20. The van der Waals surface area contributed by atoms with Gasteiger partial charge in [-0.2, -0.15) is 4.98 Å². The van der Waals surface area contributed by atoms with E-state index in [1.54, 1.807) is 0 Å². The number of anilines is 2. The SMILES string of the molecule is CN(C)CCCNc1nc(NC[C@H]2CCCO2)cc(-c2ccccc2)n1. The van der Waals surface area contributed by atoms with Gasteiger partial charge in [0.25, 0.3) is 0 Å². The van der Waals surface area contributed by atoms with Crippen LogP contribution >= 0.6 is 0 Å². The van der Waals surface area contributed by atoms with Gasteiger partial charge < -0.3 is 20.3 Å². The van der Waals surface area contributed by atoms with Gasteiger partial charge in [-0.15, -0.1) is 0 Å². The fraction of sp³-hybridized carbons (Fsp3) is 0.500. The van der Waals surface area contributed by atoms with Crippen molar-refractivity contribution < 1.29 is 4.74 Å². The minimum absolute atomic E-state index is 0.279. The van der Waals surface area contributed by atoms with Crippen LogP contribution in [0.4, 0.5) is 11.8 Å². The molecule has 140 valence electrons. The van der Waals surface area contributed by atoms with E-state index in [4.69, 9.17) is 9.72 Å². The second kappa shape index (κ2) is 9.50. The van der Waals surface area contributed by atoms with E-state index in [9.17, 15) is 0 Å². The van der Waals surface area contributed by atoms with Gasteiger partial charge in [-0.25, -0.2) is 4.98 Å². The van der Waals surface area contributed by atoms with Gasteiger partial charge in [-0.1, -0.05) is 30.3 Å². The molecule has 1 aliphatic heterocycles. The fourth-order valence-electron chi connectivity index (χ4n) is 2.99. The first-order valence-electron chi connectivity index (χ1n) is 9.39. The number of hydrogen-bond donors (Lipinski definition) is 2. The molecule has 0 aliphatic carbocycles. The maximum atomic E-state index is 5.70. The summed E-state index contributed by atoms with van der Waals surface area (Å²) in [5.74, 6) is 1.50. The van der Waals surface area contributed by atoms with Crippen LogP contribution in [0.1, 0.15) is 19.3 Å². The number of rotatable bonds is 9. The lowest BCUT2D eigenvalue weighted by molar-refractivity contribution is 0.120. The minimum Gasteiger partial charge on any atom is -0.376 e. The molecule has 2 heterocycles. The molecule has 1 fully saturated rings. The molecule has 0 radical (unpaired) electrons. The zero-order chi connectivity index (χ0) is 18.2. The highest BCUT2D eigenvalue weighted by molar-refractivity contribution is 5.64. The van der Waals surface area contributed by atoms with E-state index in [1.807, 2.05) is 24.3 Å². The zero-order valence-corrected chi connectivity index (χ0v) is 15.7. The van der Waals surface area contributed by atoms with E-state index in [-0.39, 0.29) is 6.10 Å². The Kier molecular flexibility index (Phi) is 6.80. The summed E-state index contributed by atoms with van der Waals surface area (Å²) < 4.78 is 5.70. The van der Waals surface area contributed by atoms with Crippen molar-refractivity contribution >= 4 is 11.8 Å². The smallest absolute Gasteiger partial charge is 0.225 e. The molecule has 2 N–H and O–H groups in total. The second-order valence-electron chi connectivity index (χ2n) is 6.93. The number of aromatic nitrogens is 2. The van der Waals surface area contributed by atoms with Crippen LogP contribution in [-0.4, -0.2) is 61.3 Å². The van der Waals surface area contributed by atoms with Crippen molar-refractivity contribution in [1.29, 1.82) is 0 Å². The highest BCUT2D eigenvalue weighted by Crippen LogP contribution is 2.22. The molecule has 2 aromatic rings. The molecule has 0 amide bonds. The van der Waals surface area contributed by atoms with Crippen molar-refractivity contribution in [1.82, 2.24) is 14.9 Å². The summed E-state index contributed by atoms with van der Waals surface area (Å²) >= 11 is 0. The third-order valence-corrected chi connectivity index (χ3v) is 4.40. The lowest BCUT2D eigenvalue weighted by atomic mass is 10.1. The Morgan fingerprint density at radius 3 is 2.73 bits per heavy atom. The molecule has 26 heavy (non-hydrogen) atoms. The molecule has 0 saturated carbocycles. The normalized spacial score (nSPS) is 16.8. The summed E-state index contributed by atoms with van der Waals surface area (Å²) in [7, 11) is 4.17. The second-order valence-corrected chi connectivity index (χ2v) is 6.93. The largest absolute Gasteiger partial charge is 0.376 e. The molecule has 1 atom stereocenters. The summed E-state index contributed by atoms with van der Waals surface area (Å²) in [5, 5.41) is 6.78. The van der Waals surface area contributed by atoms with Crippen LogP contribution in [0.15, 0.2) is 36.4 Å². The van der Waals surface area contributed by atoms with Gasteiger partial charge in [0.1, 0.15) is 5.82 Å². The van der Waals surface area contributed by atoms with E-state index in [0.29, 0.717) is 5.95 Å². The van der Waals surface area contributed by atoms with Crippen LogP contribution < -0.4 is 10.6 Å². The van der Waals surface area contributed by atoms with Crippen LogP contribution in [0.5, 0.6) is 0 Å². The molecule has 0 unspecified atom stereocenters. The summed E-state index contributed by atoms with van der Waals surface area (Å²) in [4.78, 5) is 11.5. The summed E-state index contributed by atoms with van der Waals surface area (Å²) in [6.07, 6.45) is 3.58. The zero-order valence-electron chi connectivity index (χ0n) is 15.7. The quantitative estimate of drug-likeness (QED) is 0.674. The van der Waals surface area contributed by atoms with E-state index < -0.39 is 0 Å². The topological polar surface area (TPSA) is 62.3 Å². The maximum Gasteiger partial charge on any atom is 0.225 e. The average molecular weight is 355 g/mol. The molecular weight excluding hydrogens is 326 g/mol. The van der Waals surface area contributed by atoms with Crippen molar-refractivity contribution in [3.8, 4) is 11.3 Å². The lowest BCUT2D eigenvalue weighted by Gasteiger charge is -2.14. The van der Waals surface area contributed by atoms with Gasteiger partial charge in [0, 0.05) is 31.3 Å². The molecule has 1 saturated heterocycles. The first-order valence-corrected chi connectivity index (χ1v) is 9.39. The van der Waals surface area contributed by atoms with Crippen LogP contribution in [0.2, 0.25) is 0 Å². The number of ether oxygens (including phenoxy) is 1. The van der Waals surface area contributed by atoms with Gasteiger partial charge in [-0.05, 0) is 39.9 Å². The van der Waals surface area contributed by atoms with Gasteiger partial charge in [0.05, 0.1) is 11.8 Å². The molecular formula is C20H29N5O. The maximum absolute atomic E-state index is 5.70. The summed E-state index contributed by atoms with van der Waals surface area (Å²) in [6.45, 7) is 3.53. The summed E-state index contributed by atoms with van der Waals surface area (Å²) in [6, 6.07) is 12.2. The predicted octanol–water partition coefficient (Wildman–Crippen LogP) is 3.10. The van der Waals surface area contributed by atoms with E-state index in [2.05, 4.69) is 46.7 Å². The fourth-order valence-corrected chi connectivity index (χ4v) is 2.99. The molecule has 1 aliphatic rings. The first kappa shape index (κ1) is 18.6. The van der Waals surface area contributed by atoms with E-state index in [1.165, 1.54) is 0 Å². The van der Waals surface area contributed by atoms with Crippen molar-refractivity contribution in [3.63, 3.8) is 0 Å². The molecule has 1 aromatic heterocycles. The minimum atomic E-state index is 0.279. The van der Waals surface area contributed by atoms with Crippen LogP contribution in [-0.2, 0) is 4.74 Å². The van der Waals surface area contributed by atoms with Crippen molar-refractivity contribution in [2.24, 2.45) is 0 Å². The van der Waals surface area contributed by atoms with Crippen LogP contribution in [0.3, 0.4) is 0 Å². The van der Waals surface area contributed by atoms with E-state index in [0.717, 1.165) is 62.6 Å². The van der Waals surface area contributed by atoms with Crippen molar-refractivity contribution in [2.45, 2.75) is 25.4 Å². The monoisotopic (exact) mass is 355 g/mol. The number of nitrogens with zero attached hydrogens (tertiary/aromatic N) is 3. The number of nitrogens with one attached hydrogen (secondary N) is 2. The van der Waals surface area contributed by atoms with Crippen LogP contribution in [0.25, 0.3) is 11.3 Å². The average Bonchev–Trinajstić information content (AvgIpc) is 3.18. The molecule has 0 bridgehead atoms. The standard InChI is InChI=1S/C20H29N5O/c1-25(2)12-7-11-21-20-23-18(16-8-4-3-5-9-16)14-19(24-20)22-15-17-10-6-13-26-17/h3-5,8-9,14,17H,6-7,10-13,15H2,1-2H3,(H2,21,22,23,24)/t17-/m1/s1. The van der Waals surface area contributed by atoms with Gasteiger partial charge in [-0.3, -0.25) is 0 Å². The Hall–Kier alpha value is -2.18.